The van der Waals surface area contributed by atoms with Crippen molar-refractivity contribution in [3.63, 3.8) is 0 Å². The highest BCUT2D eigenvalue weighted by Gasteiger charge is 2.03. The third kappa shape index (κ3) is 6.84. The smallest absolute Gasteiger partial charge is 0.223 e. The average molecular weight is 356 g/mol. The number of ether oxygens (including phenoxy) is 2. The maximum atomic E-state index is 11.9. The number of rotatable bonds is 9. The van der Waals surface area contributed by atoms with Crippen molar-refractivity contribution in [2.45, 2.75) is 26.8 Å². The highest BCUT2D eigenvalue weighted by atomic mass is 16.5. The standard InChI is InChI=1S/C20H24N2O4/c1-3-25-18-8-10-19(11-9-18)26-13-12-20(24)21-14-16-4-6-17(7-5-16)22-15(2)23/h4-11H,3,12-14H2,1-2H3,(H,21,24)(H,22,23). The molecule has 6 nitrogen and oxygen atoms in total. The van der Waals surface area contributed by atoms with Crippen LogP contribution in [0.5, 0.6) is 11.5 Å². The number of hydrogen-bond acceptors (Lipinski definition) is 4. The van der Waals surface area contributed by atoms with Crippen molar-refractivity contribution in [3.8, 4) is 11.5 Å². The van der Waals surface area contributed by atoms with Crippen molar-refractivity contribution in [2.24, 2.45) is 0 Å². The molecule has 2 rings (SSSR count). The molecule has 0 bridgehead atoms. The summed E-state index contributed by atoms with van der Waals surface area (Å²) in [6, 6.07) is 14.6. The molecule has 2 aromatic carbocycles. The highest BCUT2D eigenvalue weighted by Crippen LogP contribution is 2.17. The van der Waals surface area contributed by atoms with Crippen LogP contribution in [0.1, 0.15) is 25.8 Å². The molecule has 0 spiro atoms. The van der Waals surface area contributed by atoms with E-state index in [4.69, 9.17) is 9.47 Å². The van der Waals surface area contributed by atoms with Crippen molar-refractivity contribution in [3.05, 3.63) is 54.1 Å². The molecule has 0 radical (unpaired) electrons. The van der Waals surface area contributed by atoms with Gasteiger partial charge in [0, 0.05) is 19.2 Å². The minimum absolute atomic E-state index is 0.0816. The van der Waals surface area contributed by atoms with Gasteiger partial charge in [0.1, 0.15) is 11.5 Å². The van der Waals surface area contributed by atoms with Gasteiger partial charge in [0.15, 0.2) is 0 Å². The van der Waals surface area contributed by atoms with Crippen molar-refractivity contribution >= 4 is 17.5 Å². The van der Waals surface area contributed by atoms with Crippen molar-refractivity contribution < 1.29 is 19.1 Å². The maximum Gasteiger partial charge on any atom is 0.223 e. The molecule has 0 unspecified atom stereocenters. The van der Waals surface area contributed by atoms with Gasteiger partial charge in [-0.05, 0) is 48.9 Å². The second kappa shape index (κ2) is 10.1. The third-order valence-corrected chi connectivity index (χ3v) is 3.50. The summed E-state index contributed by atoms with van der Waals surface area (Å²) in [5.74, 6) is 1.30. The lowest BCUT2D eigenvalue weighted by Crippen LogP contribution is -2.24. The summed E-state index contributed by atoms with van der Waals surface area (Å²) in [5.41, 5.74) is 1.69. The molecule has 0 atom stereocenters. The van der Waals surface area contributed by atoms with Gasteiger partial charge in [0.2, 0.25) is 11.8 Å². The van der Waals surface area contributed by atoms with E-state index in [0.717, 1.165) is 17.0 Å². The number of benzene rings is 2. The van der Waals surface area contributed by atoms with Crippen molar-refractivity contribution in [1.29, 1.82) is 0 Å². The Morgan fingerprint density at radius 2 is 1.54 bits per heavy atom. The zero-order valence-electron chi connectivity index (χ0n) is 15.1. The Kier molecular flexibility index (Phi) is 7.49. The Morgan fingerprint density at radius 3 is 2.12 bits per heavy atom. The summed E-state index contributed by atoms with van der Waals surface area (Å²) >= 11 is 0. The van der Waals surface area contributed by atoms with E-state index in [1.807, 2.05) is 43.3 Å². The second-order valence-corrected chi connectivity index (χ2v) is 5.66. The molecule has 2 aromatic rings. The number of amides is 2. The third-order valence-electron chi connectivity index (χ3n) is 3.50. The summed E-state index contributed by atoms with van der Waals surface area (Å²) in [6.07, 6.45) is 0.275. The minimum atomic E-state index is -0.112. The summed E-state index contributed by atoms with van der Waals surface area (Å²) in [6.45, 7) is 4.75. The van der Waals surface area contributed by atoms with Crippen LogP contribution >= 0.6 is 0 Å². The summed E-state index contributed by atoms with van der Waals surface area (Å²) in [7, 11) is 0. The first-order valence-corrected chi connectivity index (χ1v) is 8.55. The molecular weight excluding hydrogens is 332 g/mol. The van der Waals surface area contributed by atoms with E-state index < -0.39 is 0 Å². The second-order valence-electron chi connectivity index (χ2n) is 5.66. The summed E-state index contributed by atoms with van der Waals surface area (Å²) in [4.78, 5) is 22.9. The van der Waals surface area contributed by atoms with Crippen LogP contribution in [0.15, 0.2) is 48.5 Å². The molecule has 138 valence electrons. The van der Waals surface area contributed by atoms with Crippen LogP contribution in [-0.4, -0.2) is 25.0 Å². The SMILES string of the molecule is CCOc1ccc(OCCC(=O)NCc2ccc(NC(C)=O)cc2)cc1. The fourth-order valence-electron chi connectivity index (χ4n) is 2.26. The maximum absolute atomic E-state index is 11.9. The monoisotopic (exact) mass is 356 g/mol. The van der Waals surface area contributed by atoms with Crippen LogP contribution in [0.3, 0.4) is 0 Å². The molecule has 2 N–H and O–H groups in total. The van der Waals surface area contributed by atoms with E-state index in [1.54, 1.807) is 12.1 Å². The fourth-order valence-corrected chi connectivity index (χ4v) is 2.26. The molecule has 0 heterocycles. The number of carbonyl (C=O) groups excluding carboxylic acids is 2. The molecule has 0 aliphatic carbocycles. The van der Waals surface area contributed by atoms with Gasteiger partial charge in [-0.15, -0.1) is 0 Å². The van der Waals surface area contributed by atoms with Gasteiger partial charge in [-0.1, -0.05) is 12.1 Å². The molecule has 0 aliphatic heterocycles. The molecule has 0 aliphatic rings. The molecule has 0 aromatic heterocycles. The quantitative estimate of drug-likeness (QED) is 0.724. The largest absolute Gasteiger partial charge is 0.494 e. The summed E-state index contributed by atoms with van der Waals surface area (Å²) < 4.78 is 10.9. The Balaban J connectivity index is 1.67. The van der Waals surface area contributed by atoms with Crippen molar-refractivity contribution in [2.75, 3.05) is 18.5 Å². The van der Waals surface area contributed by atoms with Gasteiger partial charge in [0.05, 0.1) is 19.6 Å². The summed E-state index contributed by atoms with van der Waals surface area (Å²) in [5, 5.41) is 5.55. The first-order valence-electron chi connectivity index (χ1n) is 8.55. The lowest BCUT2D eigenvalue weighted by Gasteiger charge is -2.09. The number of nitrogens with one attached hydrogen (secondary N) is 2. The zero-order chi connectivity index (χ0) is 18.8. The van der Waals surface area contributed by atoms with E-state index >= 15 is 0 Å². The van der Waals surface area contributed by atoms with Crippen LogP contribution in [0.2, 0.25) is 0 Å². The van der Waals surface area contributed by atoms with Crippen LogP contribution in [0.25, 0.3) is 0 Å². The number of anilines is 1. The van der Waals surface area contributed by atoms with Gasteiger partial charge in [-0.25, -0.2) is 0 Å². The van der Waals surface area contributed by atoms with Crippen LogP contribution in [-0.2, 0) is 16.1 Å². The normalized spacial score (nSPS) is 10.1. The number of carbonyl (C=O) groups is 2. The molecular formula is C20H24N2O4. The lowest BCUT2D eigenvalue weighted by molar-refractivity contribution is -0.121. The molecule has 26 heavy (non-hydrogen) atoms. The Labute approximate surface area is 153 Å². The van der Waals surface area contributed by atoms with Gasteiger partial charge < -0.3 is 20.1 Å². The first kappa shape index (κ1) is 19.3. The van der Waals surface area contributed by atoms with Gasteiger partial charge in [-0.3, -0.25) is 9.59 Å². The zero-order valence-corrected chi connectivity index (χ0v) is 15.1. The van der Waals surface area contributed by atoms with Gasteiger partial charge >= 0.3 is 0 Å². The Morgan fingerprint density at radius 1 is 0.923 bits per heavy atom. The fraction of sp³-hybridized carbons (Fsp3) is 0.300. The van der Waals surface area contributed by atoms with Crippen LogP contribution in [0.4, 0.5) is 5.69 Å². The van der Waals surface area contributed by atoms with Gasteiger partial charge in [-0.2, -0.15) is 0 Å². The van der Waals surface area contributed by atoms with Crippen LogP contribution < -0.4 is 20.1 Å². The number of hydrogen-bond donors (Lipinski definition) is 2. The van der Waals surface area contributed by atoms with E-state index in [2.05, 4.69) is 10.6 Å². The predicted octanol–water partition coefficient (Wildman–Crippen LogP) is 3.13. The first-order chi connectivity index (χ1) is 12.6. The molecule has 0 fully saturated rings. The topological polar surface area (TPSA) is 76.7 Å². The van der Waals surface area contributed by atoms with Crippen LogP contribution in [0, 0.1) is 0 Å². The molecule has 0 saturated heterocycles. The molecule has 6 heteroatoms. The lowest BCUT2D eigenvalue weighted by atomic mass is 10.2. The molecule has 2 amide bonds. The van der Waals surface area contributed by atoms with E-state index in [1.165, 1.54) is 6.92 Å². The van der Waals surface area contributed by atoms with Crippen molar-refractivity contribution in [1.82, 2.24) is 5.32 Å². The average Bonchev–Trinajstić information content (AvgIpc) is 2.62. The highest BCUT2D eigenvalue weighted by molar-refractivity contribution is 5.88. The molecule has 0 saturated carbocycles. The van der Waals surface area contributed by atoms with E-state index in [9.17, 15) is 9.59 Å². The Hall–Kier alpha value is -3.02. The van der Waals surface area contributed by atoms with Gasteiger partial charge in [0.25, 0.3) is 0 Å². The van der Waals surface area contributed by atoms with E-state index in [0.29, 0.717) is 25.5 Å². The Bertz CT molecular complexity index is 712. The predicted molar refractivity (Wildman–Crippen MR) is 100 cm³/mol. The van der Waals surface area contributed by atoms with E-state index in [-0.39, 0.29) is 18.2 Å². The minimum Gasteiger partial charge on any atom is -0.494 e.